The van der Waals surface area contributed by atoms with Crippen molar-refractivity contribution in [3.05, 3.63) is 15.6 Å². The summed E-state index contributed by atoms with van der Waals surface area (Å²) in [6.07, 6.45) is 3.31. The molecule has 1 aliphatic heterocycles. The molecule has 108 valence electrons. The Morgan fingerprint density at radius 2 is 2.26 bits per heavy atom. The summed E-state index contributed by atoms with van der Waals surface area (Å²) >= 11 is 1.84. The minimum atomic E-state index is -0.138. The molecule has 1 saturated heterocycles. The molecule has 1 atom stereocenters. The summed E-state index contributed by atoms with van der Waals surface area (Å²) in [4.78, 5) is 6.30. The molecule has 0 aromatic carbocycles. The second-order valence-electron chi connectivity index (χ2n) is 5.95. The lowest BCUT2D eigenvalue weighted by atomic mass is 10.0. The third-order valence-electron chi connectivity index (χ3n) is 3.59. The van der Waals surface area contributed by atoms with Crippen LogP contribution in [0.15, 0.2) is 0 Å². The van der Waals surface area contributed by atoms with E-state index in [1.54, 1.807) is 0 Å². The molecule has 0 radical (unpaired) electrons. The molecule has 0 saturated carbocycles. The van der Waals surface area contributed by atoms with Crippen LogP contribution in [0.25, 0.3) is 0 Å². The van der Waals surface area contributed by atoms with Gasteiger partial charge in [-0.25, -0.2) is 4.98 Å². The highest BCUT2D eigenvalue weighted by Crippen LogP contribution is 2.39. The standard InChI is InChI=1S/C15H26N2OS/c1-5-16-10-13-12(9-11(2)3)17-14(19-13)15(4)7-6-8-18-15/h11,16H,5-10H2,1-4H3. The maximum atomic E-state index is 5.93. The van der Waals surface area contributed by atoms with Crippen molar-refractivity contribution in [1.82, 2.24) is 10.3 Å². The van der Waals surface area contributed by atoms with E-state index in [1.165, 1.54) is 15.6 Å². The zero-order chi connectivity index (χ0) is 13.9. The summed E-state index contributed by atoms with van der Waals surface area (Å²) in [6, 6.07) is 0. The van der Waals surface area contributed by atoms with Gasteiger partial charge in [0.15, 0.2) is 0 Å². The Morgan fingerprint density at radius 3 is 2.84 bits per heavy atom. The fourth-order valence-corrected chi connectivity index (χ4v) is 3.67. The molecule has 4 heteroatoms. The average molecular weight is 282 g/mol. The fraction of sp³-hybridized carbons (Fsp3) is 0.800. The minimum absolute atomic E-state index is 0.138. The number of rotatable bonds is 6. The van der Waals surface area contributed by atoms with Crippen molar-refractivity contribution in [2.75, 3.05) is 13.2 Å². The van der Waals surface area contributed by atoms with E-state index in [2.05, 4.69) is 33.0 Å². The second kappa shape index (κ2) is 6.33. The molecular formula is C15H26N2OS. The number of aromatic nitrogens is 1. The number of hydrogen-bond donors (Lipinski definition) is 1. The smallest absolute Gasteiger partial charge is 0.125 e. The van der Waals surface area contributed by atoms with Gasteiger partial charge in [0.25, 0.3) is 0 Å². The van der Waals surface area contributed by atoms with E-state index < -0.39 is 0 Å². The molecule has 2 heterocycles. The first-order valence-corrected chi connectivity index (χ1v) is 8.20. The molecule has 1 aromatic heterocycles. The van der Waals surface area contributed by atoms with Crippen LogP contribution in [0.3, 0.4) is 0 Å². The number of ether oxygens (including phenoxy) is 1. The van der Waals surface area contributed by atoms with Crippen molar-refractivity contribution in [3.63, 3.8) is 0 Å². The molecule has 1 aliphatic rings. The fourth-order valence-electron chi connectivity index (χ4n) is 2.48. The molecule has 19 heavy (non-hydrogen) atoms. The largest absolute Gasteiger partial charge is 0.368 e. The van der Waals surface area contributed by atoms with Crippen LogP contribution in [0, 0.1) is 5.92 Å². The van der Waals surface area contributed by atoms with Crippen molar-refractivity contribution in [2.45, 2.75) is 59.1 Å². The Balaban J connectivity index is 2.22. The maximum Gasteiger partial charge on any atom is 0.125 e. The van der Waals surface area contributed by atoms with Crippen molar-refractivity contribution >= 4 is 11.3 Å². The van der Waals surface area contributed by atoms with Gasteiger partial charge in [-0.15, -0.1) is 11.3 Å². The molecule has 3 nitrogen and oxygen atoms in total. The molecule has 1 fully saturated rings. The van der Waals surface area contributed by atoms with Crippen LogP contribution in [-0.4, -0.2) is 18.1 Å². The summed E-state index contributed by atoms with van der Waals surface area (Å²) in [5, 5.41) is 4.60. The van der Waals surface area contributed by atoms with E-state index in [-0.39, 0.29) is 5.60 Å². The predicted molar refractivity (Wildman–Crippen MR) is 80.6 cm³/mol. The molecule has 2 rings (SSSR count). The highest BCUT2D eigenvalue weighted by molar-refractivity contribution is 7.11. The Labute approximate surface area is 120 Å². The summed E-state index contributed by atoms with van der Waals surface area (Å²) in [5.74, 6) is 0.646. The minimum Gasteiger partial charge on any atom is -0.368 e. The molecule has 1 N–H and O–H groups in total. The van der Waals surface area contributed by atoms with Crippen LogP contribution in [0.1, 0.15) is 56.1 Å². The Morgan fingerprint density at radius 1 is 1.47 bits per heavy atom. The van der Waals surface area contributed by atoms with Crippen molar-refractivity contribution in [3.8, 4) is 0 Å². The number of thiazole rings is 1. The van der Waals surface area contributed by atoms with Gasteiger partial charge in [0, 0.05) is 18.0 Å². The van der Waals surface area contributed by atoms with Gasteiger partial charge >= 0.3 is 0 Å². The zero-order valence-corrected chi connectivity index (χ0v) is 13.4. The van der Waals surface area contributed by atoms with E-state index in [0.717, 1.165) is 39.0 Å². The van der Waals surface area contributed by atoms with Gasteiger partial charge in [-0.2, -0.15) is 0 Å². The number of hydrogen-bond acceptors (Lipinski definition) is 4. The topological polar surface area (TPSA) is 34.1 Å². The van der Waals surface area contributed by atoms with Crippen LogP contribution < -0.4 is 5.32 Å². The van der Waals surface area contributed by atoms with E-state index >= 15 is 0 Å². The molecule has 1 unspecified atom stereocenters. The van der Waals surface area contributed by atoms with Gasteiger partial charge in [-0.05, 0) is 38.6 Å². The summed E-state index contributed by atoms with van der Waals surface area (Å²) in [5.41, 5.74) is 1.13. The first-order chi connectivity index (χ1) is 9.05. The molecular weight excluding hydrogens is 256 g/mol. The van der Waals surface area contributed by atoms with Gasteiger partial charge in [0.1, 0.15) is 10.6 Å². The van der Waals surface area contributed by atoms with E-state index in [9.17, 15) is 0 Å². The van der Waals surface area contributed by atoms with E-state index in [4.69, 9.17) is 9.72 Å². The van der Waals surface area contributed by atoms with Gasteiger partial charge in [-0.3, -0.25) is 0 Å². The van der Waals surface area contributed by atoms with Gasteiger partial charge < -0.3 is 10.1 Å². The molecule has 0 amide bonds. The normalized spacial score (nSPS) is 23.4. The Hall–Kier alpha value is -0.450. The summed E-state index contributed by atoms with van der Waals surface area (Å²) in [7, 11) is 0. The van der Waals surface area contributed by atoms with Crippen molar-refractivity contribution in [1.29, 1.82) is 0 Å². The van der Waals surface area contributed by atoms with Crippen LogP contribution >= 0.6 is 11.3 Å². The monoisotopic (exact) mass is 282 g/mol. The SMILES string of the molecule is CCNCc1sc(C2(C)CCCO2)nc1CC(C)C. The molecule has 0 bridgehead atoms. The van der Waals surface area contributed by atoms with Gasteiger partial charge in [-0.1, -0.05) is 20.8 Å². The maximum absolute atomic E-state index is 5.93. The Kier molecular flexibility index (Phi) is 4.98. The third kappa shape index (κ3) is 3.56. The van der Waals surface area contributed by atoms with Crippen LogP contribution in [0.5, 0.6) is 0 Å². The van der Waals surface area contributed by atoms with Gasteiger partial charge in [0.05, 0.1) is 5.69 Å². The predicted octanol–water partition coefficient (Wildman–Crippen LogP) is 3.48. The summed E-state index contributed by atoms with van der Waals surface area (Å²) < 4.78 is 5.93. The first kappa shape index (κ1) is 14.9. The van der Waals surface area contributed by atoms with E-state index in [1.807, 2.05) is 11.3 Å². The molecule has 0 aliphatic carbocycles. The zero-order valence-electron chi connectivity index (χ0n) is 12.6. The first-order valence-electron chi connectivity index (χ1n) is 7.39. The molecule has 1 aromatic rings. The average Bonchev–Trinajstić information content (AvgIpc) is 2.94. The highest BCUT2D eigenvalue weighted by Gasteiger charge is 2.35. The highest BCUT2D eigenvalue weighted by atomic mass is 32.1. The quantitative estimate of drug-likeness (QED) is 0.867. The Bertz CT molecular complexity index is 408. The second-order valence-corrected chi connectivity index (χ2v) is 7.03. The number of nitrogens with one attached hydrogen (secondary N) is 1. The van der Waals surface area contributed by atoms with Crippen molar-refractivity contribution < 1.29 is 4.74 Å². The van der Waals surface area contributed by atoms with Crippen LogP contribution in [0.4, 0.5) is 0 Å². The lowest BCUT2D eigenvalue weighted by Gasteiger charge is -2.19. The lowest BCUT2D eigenvalue weighted by Crippen LogP contribution is -2.19. The summed E-state index contributed by atoms with van der Waals surface area (Å²) in [6.45, 7) is 11.7. The van der Waals surface area contributed by atoms with Crippen molar-refractivity contribution in [2.24, 2.45) is 5.92 Å². The number of nitrogens with zero attached hydrogens (tertiary/aromatic N) is 1. The van der Waals surface area contributed by atoms with Crippen LogP contribution in [0.2, 0.25) is 0 Å². The van der Waals surface area contributed by atoms with Gasteiger partial charge in [0.2, 0.25) is 0 Å². The lowest BCUT2D eigenvalue weighted by molar-refractivity contribution is 0.0165. The molecule has 0 spiro atoms. The van der Waals surface area contributed by atoms with E-state index in [0.29, 0.717) is 5.92 Å². The third-order valence-corrected chi connectivity index (χ3v) is 4.93. The van der Waals surface area contributed by atoms with Crippen LogP contribution in [-0.2, 0) is 23.3 Å².